The molecule has 11 heavy (non-hydrogen) atoms. The van der Waals surface area contributed by atoms with Crippen LogP contribution >= 0.6 is 0 Å². The highest BCUT2D eigenvalue weighted by atomic mass is 16.3. The molecule has 0 bridgehead atoms. The van der Waals surface area contributed by atoms with Crippen LogP contribution in [0.5, 0.6) is 0 Å². The molecule has 0 aliphatic carbocycles. The lowest BCUT2D eigenvalue weighted by Crippen LogP contribution is -2.46. The van der Waals surface area contributed by atoms with Gasteiger partial charge in [0.1, 0.15) is 0 Å². The zero-order valence-electron chi connectivity index (χ0n) is 6.48. The highest BCUT2D eigenvalue weighted by Gasteiger charge is 2.23. The Balaban J connectivity index is 2.30. The summed E-state index contributed by atoms with van der Waals surface area (Å²) in [6, 6.07) is 0. The van der Waals surface area contributed by atoms with E-state index in [4.69, 9.17) is 5.11 Å². The lowest BCUT2D eigenvalue weighted by molar-refractivity contribution is -0.0125. The van der Waals surface area contributed by atoms with Gasteiger partial charge in [-0.3, -0.25) is 4.90 Å². The first-order valence-electron chi connectivity index (χ1n) is 3.91. The summed E-state index contributed by atoms with van der Waals surface area (Å²) >= 11 is 0. The quantitative estimate of drug-likeness (QED) is 0.457. The van der Waals surface area contributed by atoms with Crippen LogP contribution in [-0.4, -0.2) is 58.7 Å². The predicted octanol–water partition coefficient (Wildman–Crippen LogP) is -1.59. The van der Waals surface area contributed by atoms with Gasteiger partial charge in [0, 0.05) is 26.1 Å². The monoisotopic (exact) mass is 161 g/mol. The summed E-state index contributed by atoms with van der Waals surface area (Å²) in [5.74, 6) is 0. The van der Waals surface area contributed by atoms with Crippen molar-refractivity contribution < 1.29 is 15.3 Å². The van der Waals surface area contributed by atoms with Crippen molar-refractivity contribution >= 4 is 0 Å². The van der Waals surface area contributed by atoms with E-state index in [1.807, 2.05) is 4.90 Å². The van der Waals surface area contributed by atoms with Crippen LogP contribution in [0.4, 0.5) is 0 Å². The molecule has 0 saturated carbocycles. The highest BCUT2D eigenvalue weighted by molar-refractivity contribution is 4.77. The molecule has 1 saturated heterocycles. The molecule has 0 unspecified atom stereocenters. The number of nitrogens with zero attached hydrogens (tertiary/aromatic N) is 1. The standard InChI is InChI=1S/C7H15NO3/c9-2-1-8-4-6(10)3-7(11)5-8/h6-7,9-11H,1-5H2/t6-,7+. The van der Waals surface area contributed by atoms with Crippen LogP contribution in [0, 0.1) is 0 Å². The van der Waals surface area contributed by atoms with E-state index < -0.39 is 12.2 Å². The summed E-state index contributed by atoms with van der Waals surface area (Å²) in [6.45, 7) is 1.75. The molecule has 1 aliphatic heterocycles. The summed E-state index contributed by atoms with van der Waals surface area (Å²) in [7, 11) is 0. The average Bonchev–Trinajstić information content (AvgIpc) is 1.85. The number of likely N-dealkylation sites (tertiary alicyclic amines) is 1. The Bertz CT molecular complexity index is 110. The smallest absolute Gasteiger partial charge is 0.0692 e. The Morgan fingerprint density at radius 3 is 2.18 bits per heavy atom. The van der Waals surface area contributed by atoms with Crippen molar-refractivity contribution in [2.75, 3.05) is 26.2 Å². The van der Waals surface area contributed by atoms with Crippen molar-refractivity contribution in [3.8, 4) is 0 Å². The van der Waals surface area contributed by atoms with E-state index in [-0.39, 0.29) is 6.61 Å². The molecule has 1 heterocycles. The van der Waals surface area contributed by atoms with E-state index in [1.165, 1.54) is 0 Å². The van der Waals surface area contributed by atoms with Gasteiger partial charge in [-0.25, -0.2) is 0 Å². The van der Waals surface area contributed by atoms with Gasteiger partial charge in [-0.05, 0) is 0 Å². The molecule has 3 N–H and O–H groups in total. The zero-order chi connectivity index (χ0) is 8.27. The molecule has 0 aromatic carbocycles. The molecule has 0 aromatic heterocycles. The highest BCUT2D eigenvalue weighted by Crippen LogP contribution is 2.09. The van der Waals surface area contributed by atoms with Crippen LogP contribution in [0.3, 0.4) is 0 Å². The fraction of sp³-hybridized carbons (Fsp3) is 1.00. The molecule has 0 spiro atoms. The summed E-state index contributed by atoms with van der Waals surface area (Å²) in [5, 5.41) is 27.0. The van der Waals surface area contributed by atoms with Crippen LogP contribution in [0.2, 0.25) is 0 Å². The normalized spacial score (nSPS) is 34.1. The Hall–Kier alpha value is -0.160. The van der Waals surface area contributed by atoms with Gasteiger partial charge in [0.2, 0.25) is 0 Å². The maximum Gasteiger partial charge on any atom is 0.0692 e. The van der Waals surface area contributed by atoms with Gasteiger partial charge >= 0.3 is 0 Å². The fourth-order valence-electron chi connectivity index (χ4n) is 1.46. The fourth-order valence-corrected chi connectivity index (χ4v) is 1.46. The number of rotatable bonds is 2. The third kappa shape index (κ3) is 2.75. The van der Waals surface area contributed by atoms with Crippen LogP contribution in [0.1, 0.15) is 6.42 Å². The number of hydrogen-bond acceptors (Lipinski definition) is 4. The van der Waals surface area contributed by atoms with Gasteiger partial charge in [0.25, 0.3) is 0 Å². The SMILES string of the molecule is OCCN1C[C@H](O)C[C@H](O)C1. The first kappa shape index (κ1) is 8.93. The molecule has 1 rings (SSSR count). The predicted molar refractivity (Wildman–Crippen MR) is 40.2 cm³/mol. The van der Waals surface area contributed by atoms with E-state index in [0.717, 1.165) is 0 Å². The van der Waals surface area contributed by atoms with Gasteiger partial charge in [-0.2, -0.15) is 0 Å². The molecule has 0 radical (unpaired) electrons. The third-order valence-electron chi connectivity index (χ3n) is 1.90. The Labute approximate surface area is 66.1 Å². The largest absolute Gasteiger partial charge is 0.395 e. The molecule has 1 fully saturated rings. The summed E-state index contributed by atoms with van der Waals surface area (Å²) < 4.78 is 0. The van der Waals surface area contributed by atoms with Crippen molar-refractivity contribution in [1.29, 1.82) is 0 Å². The van der Waals surface area contributed by atoms with E-state index >= 15 is 0 Å². The van der Waals surface area contributed by atoms with E-state index in [2.05, 4.69) is 0 Å². The van der Waals surface area contributed by atoms with Crippen LogP contribution < -0.4 is 0 Å². The molecule has 1 aliphatic rings. The second kappa shape index (κ2) is 4.01. The molecule has 0 amide bonds. The minimum absolute atomic E-state index is 0.0828. The maximum atomic E-state index is 9.19. The van der Waals surface area contributed by atoms with Crippen molar-refractivity contribution in [3.63, 3.8) is 0 Å². The minimum Gasteiger partial charge on any atom is -0.395 e. The van der Waals surface area contributed by atoms with Gasteiger partial charge < -0.3 is 15.3 Å². The summed E-state index contributed by atoms with van der Waals surface area (Å²) in [5.41, 5.74) is 0. The Kier molecular flexibility index (Phi) is 3.26. The van der Waals surface area contributed by atoms with E-state index in [0.29, 0.717) is 26.1 Å². The average molecular weight is 161 g/mol. The molecule has 4 nitrogen and oxygen atoms in total. The van der Waals surface area contributed by atoms with Crippen molar-refractivity contribution in [2.45, 2.75) is 18.6 Å². The Morgan fingerprint density at radius 2 is 1.73 bits per heavy atom. The molecular weight excluding hydrogens is 146 g/mol. The van der Waals surface area contributed by atoms with Crippen molar-refractivity contribution in [2.24, 2.45) is 0 Å². The maximum absolute atomic E-state index is 9.19. The second-order valence-corrected chi connectivity index (χ2v) is 3.03. The van der Waals surface area contributed by atoms with Crippen LogP contribution in [0.15, 0.2) is 0 Å². The number of β-amino-alcohol motifs (C(OH)–C–C–N with tert-alkyl or cyclic N) is 3. The van der Waals surface area contributed by atoms with Gasteiger partial charge in [0.15, 0.2) is 0 Å². The Morgan fingerprint density at radius 1 is 1.18 bits per heavy atom. The van der Waals surface area contributed by atoms with Gasteiger partial charge in [0.05, 0.1) is 18.8 Å². The number of piperidine rings is 1. The molecular formula is C7H15NO3. The topological polar surface area (TPSA) is 63.9 Å². The molecule has 4 heteroatoms. The first-order valence-corrected chi connectivity index (χ1v) is 3.91. The molecule has 2 atom stereocenters. The molecule has 0 aromatic rings. The van der Waals surface area contributed by atoms with Crippen LogP contribution in [0.25, 0.3) is 0 Å². The van der Waals surface area contributed by atoms with Crippen molar-refractivity contribution in [1.82, 2.24) is 4.90 Å². The van der Waals surface area contributed by atoms with Crippen LogP contribution in [-0.2, 0) is 0 Å². The van der Waals surface area contributed by atoms with E-state index in [1.54, 1.807) is 0 Å². The first-order chi connectivity index (χ1) is 5.22. The summed E-state index contributed by atoms with van der Waals surface area (Å²) in [6.07, 6.45) is -0.419. The zero-order valence-corrected chi connectivity index (χ0v) is 6.48. The lowest BCUT2D eigenvalue weighted by Gasteiger charge is -2.32. The van der Waals surface area contributed by atoms with E-state index in [9.17, 15) is 10.2 Å². The lowest BCUT2D eigenvalue weighted by atomic mass is 10.1. The number of hydrogen-bond donors (Lipinski definition) is 3. The second-order valence-electron chi connectivity index (χ2n) is 3.03. The third-order valence-corrected chi connectivity index (χ3v) is 1.90. The number of aliphatic hydroxyl groups excluding tert-OH is 3. The number of aliphatic hydroxyl groups is 3. The summed E-state index contributed by atoms with van der Waals surface area (Å²) in [4.78, 5) is 1.86. The molecule has 66 valence electrons. The minimum atomic E-state index is -0.440. The van der Waals surface area contributed by atoms with Gasteiger partial charge in [-0.15, -0.1) is 0 Å². The van der Waals surface area contributed by atoms with Crippen molar-refractivity contribution in [3.05, 3.63) is 0 Å². The van der Waals surface area contributed by atoms with Gasteiger partial charge in [-0.1, -0.05) is 0 Å².